The van der Waals surface area contributed by atoms with Crippen LogP contribution < -0.4 is 10.5 Å². The summed E-state index contributed by atoms with van der Waals surface area (Å²) in [6, 6.07) is 14.6. The monoisotopic (exact) mass is 283 g/mol. The molecular formula is C19H25NO. The van der Waals surface area contributed by atoms with Crippen molar-refractivity contribution >= 4 is 0 Å². The highest BCUT2D eigenvalue weighted by Gasteiger charge is 2.10. The Morgan fingerprint density at radius 2 is 1.71 bits per heavy atom. The Morgan fingerprint density at radius 1 is 1.05 bits per heavy atom. The van der Waals surface area contributed by atoms with Crippen molar-refractivity contribution in [1.29, 1.82) is 0 Å². The van der Waals surface area contributed by atoms with Crippen LogP contribution in [0.1, 0.15) is 55.8 Å². The number of aryl methyl sites for hydroxylation is 1. The Labute approximate surface area is 127 Å². The molecule has 2 aromatic carbocycles. The molecule has 0 fully saturated rings. The van der Waals surface area contributed by atoms with Gasteiger partial charge in [0.15, 0.2) is 0 Å². The van der Waals surface area contributed by atoms with Crippen molar-refractivity contribution in [3.63, 3.8) is 0 Å². The van der Waals surface area contributed by atoms with Gasteiger partial charge in [-0.3, -0.25) is 0 Å². The van der Waals surface area contributed by atoms with Gasteiger partial charge in [0.25, 0.3) is 0 Å². The first-order valence-corrected chi connectivity index (χ1v) is 7.65. The minimum Gasteiger partial charge on any atom is -0.457 e. The van der Waals surface area contributed by atoms with Crippen molar-refractivity contribution in [2.24, 2.45) is 5.73 Å². The number of hydrogen-bond donors (Lipinski definition) is 1. The van der Waals surface area contributed by atoms with Gasteiger partial charge in [0, 0.05) is 6.04 Å². The van der Waals surface area contributed by atoms with Gasteiger partial charge in [0.2, 0.25) is 0 Å². The van der Waals surface area contributed by atoms with Gasteiger partial charge in [-0.1, -0.05) is 45.0 Å². The lowest BCUT2D eigenvalue weighted by atomic mass is 10.0. The van der Waals surface area contributed by atoms with Crippen LogP contribution in [0.4, 0.5) is 0 Å². The van der Waals surface area contributed by atoms with E-state index < -0.39 is 0 Å². The van der Waals surface area contributed by atoms with Crippen molar-refractivity contribution in [3.05, 3.63) is 59.2 Å². The van der Waals surface area contributed by atoms with Gasteiger partial charge in [-0.25, -0.2) is 0 Å². The number of rotatable bonds is 5. The number of benzene rings is 2. The van der Waals surface area contributed by atoms with Crippen LogP contribution >= 0.6 is 0 Å². The zero-order valence-electron chi connectivity index (χ0n) is 13.4. The molecule has 0 bridgehead atoms. The van der Waals surface area contributed by atoms with Crippen molar-refractivity contribution in [3.8, 4) is 11.5 Å². The molecule has 2 heteroatoms. The van der Waals surface area contributed by atoms with Crippen LogP contribution in [0.25, 0.3) is 0 Å². The van der Waals surface area contributed by atoms with Crippen LogP contribution in [-0.2, 0) is 0 Å². The normalized spacial score (nSPS) is 12.5. The summed E-state index contributed by atoms with van der Waals surface area (Å²) in [4.78, 5) is 0. The highest BCUT2D eigenvalue weighted by atomic mass is 16.5. The molecule has 0 aromatic heterocycles. The van der Waals surface area contributed by atoms with E-state index in [-0.39, 0.29) is 6.04 Å². The third kappa shape index (κ3) is 3.85. The van der Waals surface area contributed by atoms with Crippen molar-refractivity contribution < 1.29 is 4.74 Å². The fourth-order valence-corrected chi connectivity index (χ4v) is 2.35. The van der Waals surface area contributed by atoms with Crippen molar-refractivity contribution in [2.75, 3.05) is 0 Å². The number of ether oxygens (including phenoxy) is 1. The summed E-state index contributed by atoms with van der Waals surface area (Å²) in [6.07, 6.45) is 0.940. The maximum absolute atomic E-state index is 6.08. The highest BCUT2D eigenvalue weighted by molar-refractivity contribution is 5.42. The minimum atomic E-state index is 0.101. The number of hydrogen-bond acceptors (Lipinski definition) is 2. The van der Waals surface area contributed by atoms with Crippen LogP contribution in [0.2, 0.25) is 0 Å². The van der Waals surface area contributed by atoms with E-state index in [2.05, 4.69) is 45.9 Å². The van der Waals surface area contributed by atoms with Gasteiger partial charge in [-0.15, -0.1) is 0 Å². The summed E-state index contributed by atoms with van der Waals surface area (Å²) in [5.41, 5.74) is 9.63. The Bertz CT molecular complexity index is 587. The zero-order valence-corrected chi connectivity index (χ0v) is 13.4. The first kappa shape index (κ1) is 15.6. The molecule has 0 aliphatic rings. The van der Waals surface area contributed by atoms with E-state index in [1.165, 1.54) is 11.1 Å². The van der Waals surface area contributed by atoms with Gasteiger partial charge in [0.1, 0.15) is 11.5 Å². The van der Waals surface area contributed by atoms with E-state index in [1.807, 2.05) is 24.3 Å². The van der Waals surface area contributed by atoms with Gasteiger partial charge in [-0.2, -0.15) is 0 Å². The Balaban J connectivity index is 2.24. The number of nitrogens with two attached hydrogens (primary N) is 1. The van der Waals surface area contributed by atoms with E-state index in [0.717, 1.165) is 23.5 Å². The van der Waals surface area contributed by atoms with Gasteiger partial charge in [-0.05, 0) is 54.2 Å². The molecule has 0 aliphatic heterocycles. The first-order chi connectivity index (χ1) is 10.0. The van der Waals surface area contributed by atoms with Gasteiger partial charge >= 0.3 is 0 Å². The molecule has 2 nitrogen and oxygen atoms in total. The molecule has 0 saturated carbocycles. The predicted molar refractivity (Wildman–Crippen MR) is 89.0 cm³/mol. The lowest BCUT2D eigenvalue weighted by Gasteiger charge is -2.15. The minimum absolute atomic E-state index is 0.101. The Kier molecular flexibility index (Phi) is 5.03. The molecule has 2 rings (SSSR count). The van der Waals surface area contributed by atoms with Crippen LogP contribution in [0, 0.1) is 6.92 Å². The quantitative estimate of drug-likeness (QED) is 0.806. The summed E-state index contributed by atoms with van der Waals surface area (Å²) in [5, 5.41) is 0. The molecule has 112 valence electrons. The summed E-state index contributed by atoms with van der Waals surface area (Å²) >= 11 is 0. The summed E-state index contributed by atoms with van der Waals surface area (Å²) < 4.78 is 6.08. The Morgan fingerprint density at radius 3 is 2.29 bits per heavy atom. The summed E-state index contributed by atoms with van der Waals surface area (Å²) in [7, 11) is 0. The molecule has 2 aromatic rings. The lowest BCUT2D eigenvalue weighted by molar-refractivity contribution is 0.472. The average Bonchev–Trinajstić information content (AvgIpc) is 2.47. The van der Waals surface area contributed by atoms with E-state index in [1.54, 1.807) is 0 Å². The van der Waals surface area contributed by atoms with Crippen LogP contribution in [0.15, 0.2) is 42.5 Å². The van der Waals surface area contributed by atoms with Crippen LogP contribution in [-0.4, -0.2) is 0 Å². The molecule has 0 spiro atoms. The molecule has 0 amide bonds. The molecule has 2 N–H and O–H groups in total. The molecule has 0 radical (unpaired) electrons. The van der Waals surface area contributed by atoms with E-state index in [9.17, 15) is 0 Å². The molecular weight excluding hydrogens is 258 g/mol. The molecule has 0 aliphatic carbocycles. The maximum Gasteiger partial charge on any atom is 0.131 e. The molecule has 21 heavy (non-hydrogen) atoms. The summed E-state index contributed by atoms with van der Waals surface area (Å²) in [6.45, 7) is 8.54. The summed E-state index contributed by atoms with van der Waals surface area (Å²) in [5.74, 6) is 2.24. The standard InChI is InChI=1S/C19H25NO/c1-5-18(20)15-7-9-16(10-8-15)21-19-12-14(4)6-11-17(19)13(2)3/h6-13,18H,5,20H2,1-4H3/t18-/m0/s1. The smallest absolute Gasteiger partial charge is 0.131 e. The highest BCUT2D eigenvalue weighted by Crippen LogP contribution is 2.32. The molecule has 0 saturated heterocycles. The van der Waals surface area contributed by atoms with Crippen LogP contribution in [0.3, 0.4) is 0 Å². The lowest BCUT2D eigenvalue weighted by Crippen LogP contribution is -2.08. The van der Waals surface area contributed by atoms with Crippen molar-refractivity contribution in [1.82, 2.24) is 0 Å². The van der Waals surface area contributed by atoms with Crippen molar-refractivity contribution in [2.45, 2.75) is 46.1 Å². The molecule has 0 heterocycles. The van der Waals surface area contributed by atoms with Crippen LogP contribution in [0.5, 0.6) is 11.5 Å². The Hall–Kier alpha value is -1.80. The van der Waals surface area contributed by atoms with E-state index in [4.69, 9.17) is 10.5 Å². The molecule has 1 atom stereocenters. The topological polar surface area (TPSA) is 35.2 Å². The second-order valence-corrected chi connectivity index (χ2v) is 5.88. The fourth-order valence-electron chi connectivity index (χ4n) is 2.35. The third-order valence-electron chi connectivity index (χ3n) is 3.77. The van der Waals surface area contributed by atoms with Gasteiger partial charge < -0.3 is 10.5 Å². The maximum atomic E-state index is 6.08. The largest absolute Gasteiger partial charge is 0.457 e. The fraction of sp³-hybridized carbons (Fsp3) is 0.368. The third-order valence-corrected chi connectivity index (χ3v) is 3.77. The average molecular weight is 283 g/mol. The predicted octanol–water partition coefficient (Wildman–Crippen LogP) is 5.32. The molecule has 0 unspecified atom stereocenters. The van der Waals surface area contributed by atoms with E-state index >= 15 is 0 Å². The second-order valence-electron chi connectivity index (χ2n) is 5.88. The van der Waals surface area contributed by atoms with Gasteiger partial charge in [0.05, 0.1) is 0 Å². The first-order valence-electron chi connectivity index (χ1n) is 7.65. The SMILES string of the molecule is CC[C@H](N)c1ccc(Oc2cc(C)ccc2C(C)C)cc1. The zero-order chi connectivity index (χ0) is 15.4. The van der Waals surface area contributed by atoms with E-state index in [0.29, 0.717) is 5.92 Å². The second kappa shape index (κ2) is 6.77.